The van der Waals surface area contributed by atoms with E-state index >= 15 is 0 Å². The molecule has 4 heteroatoms. The molecule has 0 aliphatic heterocycles. The molecule has 0 bridgehead atoms. The summed E-state index contributed by atoms with van der Waals surface area (Å²) in [5.74, 6) is 0.921. The molecule has 0 amide bonds. The highest BCUT2D eigenvalue weighted by molar-refractivity contribution is 9.10. The zero-order valence-electron chi connectivity index (χ0n) is 11.5. The van der Waals surface area contributed by atoms with Crippen molar-refractivity contribution in [3.63, 3.8) is 0 Å². The third-order valence-electron chi connectivity index (χ3n) is 3.08. The summed E-state index contributed by atoms with van der Waals surface area (Å²) in [4.78, 5) is 6.02. The Labute approximate surface area is 141 Å². The lowest BCUT2D eigenvalue weighted by atomic mass is 10.2. The van der Waals surface area contributed by atoms with E-state index in [1.165, 1.54) is 21.0 Å². The Morgan fingerprint density at radius 2 is 1.76 bits per heavy atom. The minimum atomic E-state index is 0.921. The van der Waals surface area contributed by atoms with E-state index in [0.717, 1.165) is 15.9 Å². The van der Waals surface area contributed by atoms with Crippen molar-refractivity contribution < 1.29 is 0 Å². The third kappa shape index (κ3) is 3.96. The average Bonchev–Trinajstić information content (AvgIpc) is 2.96. The summed E-state index contributed by atoms with van der Waals surface area (Å²) in [6.45, 7) is 2.11. The number of benzene rings is 2. The molecule has 3 aromatic rings. The molecule has 0 fully saturated rings. The largest absolute Gasteiger partial charge is 0.240 e. The van der Waals surface area contributed by atoms with Gasteiger partial charge >= 0.3 is 0 Å². The van der Waals surface area contributed by atoms with Crippen LogP contribution in [0.4, 0.5) is 0 Å². The van der Waals surface area contributed by atoms with Crippen molar-refractivity contribution in [1.29, 1.82) is 0 Å². The van der Waals surface area contributed by atoms with Gasteiger partial charge in [-0.2, -0.15) is 0 Å². The van der Waals surface area contributed by atoms with Crippen LogP contribution in [-0.2, 0) is 5.75 Å². The van der Waals surface area contributed by atoms with E-state index < -0.39 is 0 Å². The Hall–Kier alpha value is -1.10. The molecule has 3 rings (SSSR count). The van der Waals surface area contributed by atoms with Crippen molar-refractivity contribution in [3.8, 4) is 11.3 Å². The lowest BCUT2D eigenvalue weighted by Crippen LogP contribution is -1.82. The summed E-state index contributed by atoms with van der Waals surface area (Å²) in [7, 11) is 0. The number of aryl methyl sites for hydroxylation is 1. The molecule has 106 valence electrons. The van der Waals surface area contributed by atoms with Crippen LogP contribution in [0, 0.1) is 6.92 Å². The monoisotopic (exact) mass is 375 g/mol. The van der Waals surface area contributed by atoms with Gasteiger partial charge in [0.15, 0.2) is 0 Å². The molecule has 0 unspecified atom stereocenters. The van der Waals surface area contributed by atoms with E-state index in [9.17, 15) is 0 Å². The van der Waals surface area contributed by atoms with Crippen molar-refractivity contribution in [2.75, 3.05) is 0 Å². The molecule has 1 aromatic heterocycles. The first kappa shape index (κ1) is 14.8. The molecular weight excluding hydrogens is 362 g/mol. The van der Waals surface area contributed by atoms with Crippen LogP contribution in [-0.4, -0.2) is 4.98 Å². The molecule has 0 saturated heterocycles. The molecule has 0 atom stereocenters. The van der Waals surface area contributed by atoms with Gasteiger partial charge in [-0.25, -0.2) is 4.98 Å². The molecule has 21 heavy (non-hydrogen) atoms. The summed E-state index contributed by atoms with van der Waals surface area (Å²) >= 11 is 7.02. The van der Waals surface area contributed by atoms with E-state index in [-0.39, 0.29) is 0 Å². The summed E-state index contributed by atoms with van der Waals surface area (Å²) in [6, 6.07) is 16.9. The molecule has 0 saturated carbocycles. The van der Waals surface area contributed by atoms with Crippen LogP contribution in [0.2, 0.25) is 0 Å². The predicted molar refractivity (Wildman–Crippen MR) is 96.0 cm³/mol. The smallest absolute Gasteiger partial charge is 0.104 e. The van der Waals surface area contributed by atoms with Crippen LogP contribution >= 0.6 is 39.0 Å². The van der Waals surface area contributed by atoms with Crippen molar-refractivity contribution in [3.05, 3.63) is 69.0 Å². The Balaban J connectivity index is 1.67. The second-order valence-electron chi connectivity index (χ2n) is 4.74. The van der Waals surface area contributed by atoms with Gasteiger partial charge in [0, 0.05) is 20.3 Å². The van der Waals surface area contributed by atoms with E-state index in [1.54, 1.807) is 11.3 Å². The summed E-state index contributed by atoms with van der Waals surface area (Å²) in [6.07, 6.45) is 0. The number of thioether (sulfide) groups is 1. The number of thiazole rings is 1. The summed E-state index contributed by atoms with van der Waals surface area (Å²) in [5.41, 5.74) is 3.53. The fraction of sp³-hybridized carbons (Fsp3) is 0.118. The first-order chi connectivity index (χ1) is 10.2. The highest BCUT2D eigenvalue weighted by Gasteiger charge is 2.05. The topological polar surface area (TPSA) is 12.9 Å². The quantitative estimate of drug-likeness (QED) is 0.505. The van der Waals surface area contributed by atoms with E-state index in [4.69, 9.17) is 4.98 Å². The van der Waals surface area contributed by atoms with Crippen molar-refractivity contribution in [2.45, 2.75) is 17.6 Å². The minimum absolute atomic E-state index is 0.921. The number of hydrogen-bond acceptors (Lipinski definition) is 3. The first-order valence-corrected chi connectivity index (χ1v) is 9.26. The fourth-order valence-corrected chi connectivity index (χ4v) is 3.89. The number of nitrogens with zero attached hydrogens (tertiary/aromatic N) is 1. The van der Waals surface area contributed by atoms with Crippen LogP contribution in [0.5, 0.6) is 0 Å². The minimum Gasteiger partial charge on any atom is -0.240 e. The molecule has 0 spiro atoms. The maximum absolute atomic E-state index is 4.73. The van der Waals surface area contributed by atoms with Crippen molar-refractivity contribution in [1.82, 2.24) is 4.98 Å². The molecule has 0 aliphatic carbocycles. The van der Waals surface area contributed by atoms with Gasteiger partial charge in [0.25, 0.3) is 0 Å². The van der Waals surface area contributed by atoms with Gasteiger partial charge < -0.3 is 0 Å². The van der Waals surface area contributed by atoms with Crippen LogP contribution in [0.3, 0.4) is 0 Å². The van der Waals surface area contributed by atoms with Gasteiger partial charge in [-0.1, -0.05) is 45.8 Å². The van der Waals surface area contributed by atoms with E-state index in [1.807, 2.05) is 11.8 Å². The second-order valence-corrected chi connectivity index (χ2v) is 7.64. The maximum atomic E-state index is 4.73. The number of aromatic nitrogens is 1. The normalized spacial score (nSPS) is 10.8. The van der Waals surface area contributed by atoms with Crippen molar-refractivity contribution in [2.24, 2.45) is 0 Å². The molecule has 0 aliphatic rings. The highest BCUT2D eigenvalue weighted by Crippen LogP contribution is 2.28. The standard InChI is InChI=1S/C17H14BrNS2/c1-12-2-8-15(9-3-12)20-11-17-19-16(10-21-17)13-4-6-14(18)7-5-13/h2-10H,11H2,1H3. The Morgan fingerprint density at radius 3 is 2.48 bits per heavy atom. The molecular formula is C17H14BrNS2. The van der Waals surface area contributed by atoms with Gasteiger partial charge in [-0.15, -0.1) is 23.1 Å². The second kappa shape index (κ2) is 6.77. The van der Waals surface area contributed by atoms with Gasteiger partial charge in [-0.3, -0.25) is 0 Å². The zero-order chi connectivity index (χ0) is 14.7. The SMILES string of the molecule is Cc1ccc(SCc2nc(-c3ccc(Br)cc3)cs2)cc1. The van der Waals surface area contributed by atoms with Gasteiger partial charge in [0.1, 0.15) is 5.01 Å². The average molecular weight is 376 g/mol. The van der Waals surface area contributed by atoms with Crippen LogP contribution in [0.15, 0.2) is 63.3 Å². The Kier molecular flexibility index (Phi) is 4.78. The molecule has 2 aromatic carbocycles. The van der Waals surface area contributed by atoms with Gasteiger partial charge in [0.05, 0.1) is 11.4 Å². The van der Waals surface area contributed by atoms with Gasteiger partial charge in [0.2, 0.25) is 0 Å². The van der Waals surface area contributed by atoms with Crippen LogP contribution in [0.25, 0.3) is 11.3 Å². The van der Waals surface area contributed by atoms with Gasteiger partial charge in [-0.05, 0) is 31.2 Å². The molecule has 0 radical (unpaired) electrons. The lowest BCUT2D eigenvalue weighted by Gasteiger charge is -2.00. The summed E-state index contributed by atoms with van der Waals surface area (Å²) in [5, 5.41) is 3.30. The molecule has 1 heterocycles. The third-order valence-corrected chi connectivity index (χ3v) is 5.66. The van der Waals surface area contributed by atoms with E-state index in [0.29, 0.717) is 0 Å². The van der Waals surface area contributed by atoms with Crippen molar-refractivity contribution >= 4 is 39.0 Å². The number of halogens is 1. The maximum Gasteiger partial charge on any atom is 0.104 e. The lowest BCUT2D eigenvalue weighted by molar-refractivity contribution is 1.26. The molecule has 0 N–H and O–H groups in total. The summed E-state index contributed by atoms with van der Waals surface area (Å²) < 4.78 is 1.09. The van der Waals surface area contributed by atoms with Crippen LogP contribution in [0.1, 0.15) is 10.6 Å². The zero-order valence-corrected chi connectivity index (χ0v) is 14.8. The first-order valence-electron chi connectivity index (χ1n) is 6.60. The van der Waals surface area contributed by atoms with E-state index in [2.05, 4.69) is 76.8 Å². The number of rotatable bonds is 4. The number of hydrogen-bond donors (Lipinski definition) is 0. The predicted octanol–water partition coefficient (Wildman–Crippen LogP) is 6.17. The highest BCUT2D eigenvalue weighted by atomic mass is 79.9. The van der Waals surface area contributed by atoms with Crippen LogP contribution < -0.4 is 0 Å². The Morgan fingerprint density at radius 1 is 1.05 bits per heavy atom. The Bertz CT molecular complexity index is 717. The molecule has 1 nitrogen and oxygen atoms in total. The fourth-order valence-electron chi connectivity index (χ4n) is 1.91.